The molecule has 5 nitrogen and oxygen atoms in total. The van der Waals surface area contributed by atoms with Crippen LogP contribution in [0.2, 0.25) is 0 Å². The molecule has 0 saturated heterocycles. The van der Waals surface area contributed by atoms with Gasteiger partial charge in [0.15, 0.2) is 0 Å². The third kappa shape index (κ3) is 2.26. The maximum Gasteiger partial charge on any atom is 0.225 e. The highest BCUT2D eigenvalue weighted by atomic mass is 32.1. The molecule has 3 rings (SSSR count). The van der Waals surface area contributed by atoms with Crippen molar-refractivity contribution >= 4 is 33.3 Å². The van der Waals surface area contributed by atoms with Gasteiger partial charge in [-0.2, -0.15) is 4.98 Å². The van der Waals surface area contributed by atoms with Crippen molar-refractivity contribution in [2.75, 3.05) is 24.3 Å². The van der Waals surface area contributed by atoms with Crippen LogP contribution in [0, 0.1) is 0 Å². The van der Waals surface area contributed by atoms with Crippen LogP contribution in [-0.4, -0.2) is 34.3 Å². The van der Waals surface area contributed by atoms with Gasteiger partial charge in [-0.3, -0.25) is 0 Å². The van der Waals surface area contributed by atoms with Crippen LogP contribution in [-0.2, 0) is 6.42 Å². The minimum atomic E-state index is -0.166. The Balaban J connectivity index is 2.07. The third-order valence-corrected chi connectivity index (χ3v) is 4.73. The number of aliphatic hydroxyl groups is 1. The van der Waals surface area contributed by atoms with Crippen LogP contribution in [0.25, 0.3) is 10.2 Å². The minimum Gasteiger partial charge on any atom is -0.394 e. The van der Waals surface area contributed by atoms with Crippen molar-refractivity contribution in [1.82, 2.24) is 9.97 Å². The first-order valence-electron chi connectivity index (χ1n) is 6.57. The lowest BCUT2D eigenvalue weighted by Gasteiger charge is -2.16. The third-order valence-electron chi connectivity index (χ3n) is 3.56. The molecule has 0 spiro atoms. The monoisotopic (exact) mass is 278 g/mol. The molecule has 2 heterocycles. The smallest absolute Gasteiger partial charge is 0.225 e. The first-order valence-corrected chi connectivity index (χ1v) is 7.38. The molecule has 0 atom stereocenters. The molecule has 0 unspecified atom stereocenters. The van der Waals surface area contributed by atoms with E-state index in [9.17, 15) is 5.11 Å². The molecule has 1 fully saturated rings. The number of nitrogens with one attached hydrogen (secondary N) is 2. The number of aromatic nitrogens is 2. The Bertz CT molecular complexity index is 606. The molecule has 1 aliphatic rings. The van der Waals surface area contributed by atoms with Gasteiger partial charge in [-0.05, 0) is 25.3 Å². The summed E-state index contributed by atoms with van der Waals surface area (Å²) < 4.78 is 0. The maximum absolute atomic E-state index is 9.45. The van der Waals surface area contributed by atoms with Crippen molar-refractivity contribution in [3.8, 4) is 0 Å². The quantitative estimate of drug-likeness (QED) is 0.782. The highest BCUT2D eigenvalue weighted by Gasteiger charge is 2.42. The second-order valence-electron chi connectivity index (χ2n) is 4.99. The molecule has 1 saturated carbocycles. The van der Waals surface area contributed by atoms with E-state index < -0.39 is 0 Å². The predicted octanol–water partition coefficient (Wildman–Crippen LogP) is 2.23. The number of nitrogens with zero attached hydrogens (tertiary/aromatic N) is 2. The summed E-state index contributed by atoms with van der Waals surface area (Å²) in [6.07, 6.45) is 2.99. The second kappa shape index (κ2) is 4.61. The molecular formula is C13H18N4OS. The van der Waals surface area contributed by atoms with Crippen molar-refractivity contribution in [1.29, 1.82) is 0 Å². The van der Waals surface area contributed by atoms with Crippen molar-refractivity contribution < 1.29 is 5.11 Å². The Kier molecular flexibility index (Phi) is 3.06. The van der Waals surface area contributed by atoms with Crippen LogP contribution < -0.4 is 10.6 Å². The predicted molar refractivity (Wildman–Crippen MR) is 79.0 cm³/mol. The zero-order chi connectivity index (χ0) is 13.5. The summed E-state index contributed by atoms with van der Waals surface area (Å²) >= 11 is 1.70. The number of anilines is 2. The van der Waals surface area contributed by atoms with E-state index >= 15 is 0 Å². The van der Waals surface area contributed by atoms with Crippen molar-refractivity contribution in [2.45, 2.75) is 31.7 Å². The van der Waals surface area contributed by atoms with E-state index in [1.165, 1.54) is 4.88 Å². The molecule has 1 aliphatic carbocycles. The summed E-state index contributed by atoms with van der Waals surface area (Å²) in [5, 5.41) is 16.9. The Morgan fingerprint density at radius 1 is 1.42 bits per heavy atom. The highest BCUT2D eigenvalue weighted by Crippen LogP contribution is 2.40. The minimum absolute atomic E-state index is 0.151. The maximum atomic E-state index is 9.45. The Morgan fingerprint density at radius 3 is 2.79 bits per heavy atom. The number of hydrogen-bond donors (Lipinski definition) is 3. The van der Waals surface area contributed by atoms with Gasteiger partial charge in [0.1, 0.15) is 10.6 Å². The summed E-state index contributed by atoms with van der Waals surface area (Å²) in [4.78, 5) is 11.3. The van der Waals surface area contributed by atoms with Crippen LogP contribution in [0.4, 0.5) is 11.8 Å². The van der Waals surface area contributed by atoms with Gasteiger partial charge in [0.25, 0.3) is 0 Å². The molecule has 0 aliphatic heterocycles. The molecule has 2 aromatic rings. The number of aryl methyl sites for hydroxylation is 1. The van der Waals surface area contributed by atoms with Crippen LogP contribution in [0.5, 0.6) is 0 Å². The van der Waals surface area contributed by atoms with Gasteiger partial charge in [-0.25, -0.2) is 4.98 Å². The summed E-state index contributed by atoms with van der Waals surface area (Å²) in [7, 11) is 1.82. The van der Waals surface area contributed by atoms with Gasteiger partial charge < -0.3 is 15.7 Å². The molecular weight excluding hydrogens is 260 g/mol. The molecule has 0 amide bonds. The summed E-state index contributed by atoms with van der Waals surface area (Å²) in [6, 6.07) is 2.15. The van der Waals surface area contributed by atoms with Gasteiger partial charge in [0.05, 0.1) is 17.5 Å². The van der Waals surface area contributed by atoms with Crippen molar-refractivity contribution in [2.24, 2.45) is 0 Å². The normalized spacial score (nSPS) is 16.6. The summed E-state index contributed by atoms with van der Waals surface area (Å²) in [5.74, 6) is 1.45. The molecule has 0 aromatic carbocycles. The van der Waals surface area contributed by atoms with Crippen LogP contribution in [0.1, 0.15) is 24.6 Å². The average Bonchev–Trinajstić information content (AvgIpc) is 3.08. The van der Waals surface area contributed by atoms with E-state index in [0.717, 1.165) is 35.3 Å². The number of fused-ring (bicyclic) bond motifs is 1. The molecule has 0 bridgehead atoms. The molecule has 2 aromatic heterocycles. The lowest BCUT2D eigenvalue weighted by atomic mass is 10.2. The zero-order valence-electron chi connectivity index (χ0n) is 11.2. The van der Waals surface area contributed by atoms with Crippen molar-refractivity contribution in [3.63, 3.8) is 0 Å². The van der Waals surface area contributed by atoms with Gasteiger partial charge in [0.2, 0.25) is 5.95 Å². The Morgan fingerprint density at radius 2 is 2.21 bits per heavy atom. The molecule has 19 heavy (non-hydrogen) atoms. The fourth-order valence-corrected chi connectivity index (χ4v) is 3.04. The molecule has 3 N–H and O–H groups in total. The summed E-state index contributed by atoms with van der Waals surface area (Å²) in [6.45, 7) is 2.29. The van der Waals surface area contributed by atoms with E-state index in [2.05, 4.69) is 33.6 Å². The number of rotatable bonds is 5. The molecule has 102 valence electrons. The van der Waals surface area contributed by atoms with Gasteiger partial charge in [-0.1, -0.05) is 6.92 Å². The Labute approximate surface area is 116 Å². The second-order valence-corrected chi connectivity index (χ2v) is 6.11. The first kappa shape index (κ1) is 12.6. The topological polar surface area (TPSA) is 70.1 Å². The zero-order valence-corrected chi connectivity index (χ0v) is 12.0. The van der Waals surface area contributed by atoms with Crippen LogP contribution in [0.3, 0.4) is 0 Å². The van der Waals surface area contributed by atoms with Crippen LogP contribution >= 0.6 is 11.3 Å². The fourth-order valence-electron chi connectivity index (χ4n) is 2.08. The Hall–Kier alpha value is -1.40. The number of aliphatic hydroxyl groups excluding tert-OH is 1. The molecule has 0 radical (unpaired) electrons. The van der Waals surface area contributed by atoms with Crippen LogP contribution in [0.15, 0.2) is 6.07 Å². The van der Waals surface area contributed by atoms with Gasteiger partial charge >= 0.3 is 0 Å². The van der Waals surface area contributed by atoms with E-state index in [-0.39, 0.29) is 12.1 Å². The number of thiophene rings is 1. The SMILES string of the molecule is CCc1cc2c(NC3(CO)CC3)nc(NC)nc2s1. The lowest BCUT2D eigenvalue weighted by Crippen LogP contribution is -2.26. The first-order chi connectivity index (χ1) is 9.19. The van der Waals surface area contributed by atoms with E-state index in [0.29, 0.717) is 5.95 Å². The lowest BCUT2D eigenvalue weighted by molar-refractivity contribution is 0.266. The van der Waals surface area contributed by atoms with E-state index in [1.54, 1.807) is 11.3 Å². The largest absolute Gasteiger partial charge is 0.394 e. The standard InChI is InChI=1S/C13H18N4OS/c1-3-8-6-9-10(17-13(7-18)4-5-13)15-12(14-2)16-11(9)19-8/h6,18H,3-5,7H2,1-2H3,(H2,14,15,16,17). The number of hydrogen-bond acceptors (Lipinski definition) is 6. The average molecular weight is 278 g/mol. The van der Waals surface area contributed by atoms with Crippen molar-refractivity contribution in [3.05, 3.63) is 10.9 Å². The van der Waals surface area contributed by atoms with Gasteiger partial charge in [0, 0.05) is 11.9 Å². The van der Waals surface area contributed by atoms with Gasteiger partial charge in [-0.15, -0.1) is 11.3 Å². The van der Waals surface area contributed by atoms with E-state index in [1.807, 2.05) is 7.05 Å². The fraction of sp³-hybridized carbons (Fsp3) is 0.538. The van der Waals surface area contributed by atoms with E-state index in [4.69, 9.17) is 0 Å². The molecule has 6 heteroatoms. The highest BCUT2D eigenvalue weighted by molar-refractivity contribution is 7.18. The summed E-state index contributed by atoms with van der Waals surface area (Å²) in [5.41, 5.74) is -0.166.